The minimum atomic E-state index is -0.322. The summed E-state index contributed by atoms with van der Waals surface area (Å²) in [5.74, 6) is 0.00856. The molecule has 1 N–H and O–H groups in total. The second-order valence-corrected chi connectivity index (χ2v) is 8.63. The summed E-state index contributed by atoms with van der Waals surface area (Å²) in [6, 6.07) is 14.1. The Labute approximate surface area is 170 Å². The molecule has 0 spiro atoms. The van der Waals surface area contributed by atoms with Crippen LogP contribution in [0.25, 0.3) is 0 Å². The average Bonchev–Trinajstić information content (AvgIpc) is 3.42. The first-order chi connectivity index (χ1) is 13.7. The van der Waals surface area contributed by atoms with E-state index in [1.807, 2.05) is 23.6 Å². The van der Waals surface area contributed by atoms with Gasteiger partial charge in [-0.2, -0.15) is 0 Å². The number of hydrogen-bond donors (Lipinski definition) is 1. The molecular formula is C22H27N3O2S. The number of benzene rings is 1. The molecule has 2 aliphatic rings. The number of carbonyl (C=O) groups is 2. The van der Waals surface area contributed by atoms with Gasteiger partial charge in [0.2, 0.25) is 5.91 Å². The van der Waals surface area contributed by atoms with Crippen LogP contribution < -0.4 is 5.32 Å². The van der Waals surface area contributed by atoms with Crippen molar-refractivity contribution >= 4 is 23.2 Å². The maximum atomic E-state index is 12.9. The molecule has 0 bridgehead atoms. The second kappa shape index (κ2) is 8.88. The third-order valence-corrected chi connectivity index (χ3v) is 6.59. The van der Waals surface area contributed by atoms with Crippen LogP contribution in [0.4, 0.5) is 0 Å². The van der Waals surface area contributed by atoms with Crippen molar-refractivity contribution in [3.8, 4) is 0 Å². The number of piperidine rings is 1. The summed E-state index contributed by atoms with van der Waals surface area (Å²) >= 11 is 1.44. The molecule has 0 saturated carbocycles. The van der Waals surface area contributed by atoms with Crippen LogP contribution in [0.2, 0.25) is 0 Å². The predicted octanol–water partition coefficient (Wildman–Crippen LogP) is 3.13. The van der Waals surface area contributed by atoms with E-state index in [-0.39, 0.29) is 23.9 Å². The van der Waals surface area contributed by atoms with Gasteiger partial charge in [0.1, 0.15) is 6.04 Å². The minimum absolute atomic E-state index is 0.00895. The summed E-state index contributed by atoms with van der Waals surface area (Å²) in [6.45, 7) is 3.61. The Morgan fingerprint density at radius 3 is 2.50 bits per heavy atom. The van der Waals surface area contributed by atoms with E-state index < -0.39 is 0 Å². The highest BCUT2D eigenvalue weighted by molar-refractivity contribution is 7.12. The number of hydrogen-bond acceptors (Lipinski definition) is 4. The molecule has 4 rings (SSSR count). The Morgan fingerprint density at radius 2 is 1.79 bits per heavy atom. The van der Waals surface area contributed by atoms with Gasteiger partial charge in [0.05, 0.1) is 4.88 Å². The average molecular weight is 398 g/mol. The molecule has 2 aromatic rings. The first kappa shape index (κ1) is 19.2. The van der Waals surface area contributed by atoms with E-state index in [0.717, 1.165) is 45.3 Å². The maximum absolute atomic E-state index is 12.9. The van der Waals surface area contributed by atoms with Crippen molar-refractivity contribution in [1.29, 1.82) is 0 Å². The van der Waals surface area contributed by atoms with Crippen molar-refractivity contribution in [1.82, 2.24) is 15.1 Å². The number of nitrogens with zero attached hydrogens (tertiary/aromatic N) is 2. The van der Waals surface area contributed by atoms with Crippen molar-refractivity contribution in [3.05, 3.63) is 58.3 Å². The SMILES string of the molecule is O=C(NC1CCN(Cc2ccccc2)CC1)[C@@H]1CCCN1C(=O)c1cccs1. The number of rotatable bonds is 5. The van der Waals surface area contributed by atoms with Crippen LogP contribution in [0.5, 0.6) is 0 Å². The molecule has 1 aromatic carbocycles. The van der Waals surface area contributed by atoms with Gasteiger partial charge in [-0.15, -0.1) is 11.3 Å². The summed E-state index contributed by atoms with van der Waals surface area (Å²) in [6.07, 6.45) is 3.58. The van der Waals surface area contributed by atoms with E-state index in [1.165, 1.54) is 16.9 Å². The topological polar surface area (TPSA) is 52.7 Å². The van der Waals surface area contributed by atoms with Gasteiger partial charge in [-0.25, -0.2) is 0 Å². The van der Waals surface area contributed by atoms with E-state index in [0.29, 0.717) is 11.4 Å². The quantitative estimate of drug-likeness (QED) is 0.843. The van der Waals surface area contributed by atoms with Crippen LogP contribution in [0.15, 0.2) is 47.8 Å². The molecule has 0 aliphatic carbocycles. The molecule has 2 saturated heterocycles. The second-order valence-electron chi connectivity index (χ2n) is 7.68. The van der Waals surface area contributed by atoms with Gasteiger partial charge in [0.15, 0.2) is 0 Å². The Kier molecular flexibility index (Phi) is 6.07. The lowest BCUT2D eigenvalue weighted by Gasteiger charge is -2.33. The maximum Gasteiger partial charge on any atom is 0.264 e. The van der Waals surface area contributed by atoms with Crippen LogP contribution in [-0.4, -0.2) is 53.3 Å². The zero-order valence-corrected chi connectivity index (χ0v) is 16.9. The number of likely N-dealkylation sites (tertiary alicyclic amines) is 2. The third-order valence-electron chi connectivity index (χ3n) is 5.73. The number of nitrogens with one attached hydrogen (secondary N) is 1. The highest BCUT2D eigenvalue weighted by atomic mass is 32.1. The van der Waals surface area contributed by atoms with E-state index in [1.54, 1.807) is 4.90 Å². The summed E-state index contributed by atoms with van der Waals surface area (Å²) in [5.41, 5.74) is 1.33. The lowest BCUT2D eigenvalue weighted by Crippen LogP contribution is -2.51. The molecule has 0 unspecified atom stereocenters. The Morgan fingerprint density at radius 1 is 1.00 bits per heavy atom. The number of thiophene rings is 1. The largest absolute Gasteiger partial charge is 0.351 e. The molecular weight excluding hydrogens is 370 g/mol. The lowest BCUT2D eigenvalue weighted by molar-refractivity contribution is -0.125. The van der Waals surface area contributed by atoms with Gasteiger partial charge < -0.3 is 10.2 Å². The van der Waals surface area contributed by atoms with Gasteiger partial charge in [-0.3, -0.25) is 14.5 Å². The lowest BCUT2D eigenvalue weighted by atomic mass is 10.0. The monoisotopic (exact) mass is 397 g/mol. The predicted molar refractivity (Wildman–Crippen MR) is 111 cm³/mol. The summed E-state index contributed by atoms with van der Waals surface area (Å²) < 4.78 is 0. The third kappa shape index (κ3) is 4.45. The molecule has 6 heteroatoms. The molecule has 2 fully saturated rings. The van der Waals surface area contributed by atoms with Gasteiger partial charge in [0.25, 0.3) is 5.91 Å². The number of amides is 2. The van der Waals surface area contributed by atoms with Crippen molar-refractivity contribution in [3.63, 3.8) is 0 Å². The molecule has 3 heterocycles. The highest BCUT2D eigenvalue weighted by Crippen LogP contribution is 2.23. The molecule has 5 nitrogen and oxygen atoms in total. The number of carbonyl (C=O) groups excluding carboxylic acids is 2. The first-order valence-corrected chi connectivity index (χ1v) is 11.0. The molecule has 148 valence electrons. The molecule has 2 aliphatic heterocycles. The van der Waals surface area contributed by atoms with Crippen LogP contribution in [0.3, 0.4) is 0 Å². The standard InChI is InChI=1S/C22H27N3O2S/c26-21(19-8-4-12-25(19)22(27)20-9-5-15-28-20)23-18-10-13-24(14-11-18)16-17-6-2-1-3-7-17/h1-3,5-7,9,15,18-19H,4,8,10-14,16H2,(H,23,26)/t19-/m0/s1. The Hall–Kier alpha value is -2.18. The van der Waals surface area contributed by atoms with Crippen LogP contribution >= 0.6 is 11.3 Å². The minimum Gasteiger partial charge on any atom is -0.351 e. The van der Waals surface area contributed by atoms with Crippen molar-refractivity contribution in [2.24, 2.45) is 0 Å². The van der Waals surface area contributed by atoms with Crippen LogP contribution in [0, 0.1) is 0 Å². The fraction of sp³-hybridized carbons (Fsp3) is 0.455. The molecule has 1 atom stereocenters. The van der Waals surface area contributed by atoms with E-state index in [9.17, 15) is 9.59 Å². The van der Waals surface area contributed by atoms with Crippen molar-refractivity contribution < 1.29 is 9.59 Å². The van der Waals surface area contributed by atoms with E-state index in [2.05, 4.69) is 34.5 Å². The molecule has 28 heavy (non-hydrogen) atoms. The van der Waals surface area contributed by atoms with Gasteiger partial charge in [-0.1, -0.05) is 36.4 Å². The zero-order valence-electron chi connectivity index (χ0n) is 16.0. The molecule has 0 radical (unpaired) electrons. The van der Waals surface area contributed by atoms with E-state index in [4.69, 9.17) is 0 Å². The summed E-state index contributed by atoms with van der Waals surface area (Å²) in [4.78, 5) is 30.5. The van der Waals surface area contributed by atoms with Gasteiger partial charge >= 0.3 is 0 Å². The van der Waals surface area contributed by atoms with Crippen LogP contribution in [0.1, 0.15) is 40.9 Å². The normalized spacial score (nSPS) is 21.0. The fourth-order valence-corrected chi connectivity index (χ4v) is 4.88. The fourth-order valence-electron chi connectivity index (χ4n) is 4.20. The Balaban J connectivity index is 1.27. The highest BCUT2D eigenvalue weighted by Gasteiger charge is 2.36. The van der Waals surface area contributed by atoms with Gasteiger partial charge in [0, 0.05) is 32.2 Å². The van der Waals surface area contributed by atoms with E-state index >= 15 is 0 Å². The van der Waals surface area contributed by atoms with Crippen LogP contribution in [-0.2, 0) is 11.3 Å². The summed E-state index contributed by atoms with van der Waals surface area (Å²) in [7, 11) is 0. The van der Waals surface area contributed by atoms with Crippen molar-refractivity contribution in [2.75, 3.05) is 19.6 Å². The molecule has 2 amide bonds. The Bertz CT molecular complexity index is 785. The first-order valence-electron chi connectivity index (χ1n) is 10.1. The van der Waals surface area contributed by atoms with Crippen molar-refractivity contribution in [2.45, 2.75) is 44.3 Å². The summed E-state index contributed by atoms with van der Waals surface area (Å²) in [5, 5.41) is 5.12. The smallest absolute Gasteiger partial charge is 0.264 e. The zero-order chi connectivity index (χ0) is 19.3. The molecule has 1 aromatic heterocycles. The van der Waals surface area contributed by atoms with Gasteiger partial charge in [-0.05, 0) is 42.7 Å².